The molecule has 0 aliphatic heterocycles. The topological polar surface area (TPSA) is 86.3 Å². The summed E-state index contributed by atoms with van der Waals surface area (Å²) in [5.41, 5.74) is -0.170. The van der Waals surface area contributed by atoms with Crippen molar-refractivity contribution in [2.75, 3.05) is 0 Å². The van der Waals surface area contributed by atoms with Gasteiger partial charge in [-0.15, -0.1) is 0 Å². The summed E-state index contributed by atoms with van der Waals surface area (Å²) in [5, 5.41) is 20.1. The van der Waals surface area contributed by atoms with Crippen LogP contribution >= 0.6 is 0 Å². The van der Waals surface area contributed by atoms with Crippen LogP contribution in [-0.4, -0.2) is 24.4 Å². The van der Waals surface area contributed by atoms with Gasteiger partial charge in [0.2, 0.25) is 0 Å². The Labute approximate surface area is 66.5 Å². The molecule has 0 bridgehead atoms. The Balaban J connectivity index is 2.99. The van der Waals surface area contributed by atoms with Crippen LogP contribution in [0, 0.1) is 20.2 Å². The molecule has 0 aromatic carbocycles. The molecular formula is C4H2N2O4Se. The van der Waals surface area contributed by atoms with E-state index in [1.165, 1.54) is 4.94 Å². The van der Waals surface area contributed by atoms with Gasteiger partial charge in [-0.25, -0.2) is 0 Å². The fourth-order valence-corrected chi connectivity index (χ4v) is 1.91. The summed E-state index contributed by atoms with van der Waals surface area (Å²) in [5.74, 6) is 0. The Hall–Kier alpha value is -1.20. The minimum absolute atomic E-state index is 0.0656. The second-order valence-electron chi connectivity index (χ2n) is 1.66. The number of rotatable bonds is 2. The number of nitro groups is 2. The summed E-state index contributed by atoms with van der Waals surface area (Å²) in [6.45, 7) is 0. The number of hydrogen-bond donors (Lipinski definition) is 0. The van der Waals surface area contributed by atoms with Gasteiger partial charge in [0.1, 0.15) is 0 Å². The Morgan fingerprint density at radius 1 is 1.27 bits per heavy atom. The second kappa shape index (κ2) is 2.81. The zero-order valence-electron chi connectivity index (χ0n) is 5.09. The molecule has 1 heterocycles. The molecule has 0 saturated carbocycles. The van der Waals surface area contributed by atoms with E-state index in [1.54, 1.807) is 0 Å². The molecule has 1 aromatic heterocycles. The van der Waals surface area contributed by atoms with Gasteiger partial charge in [0.05, 0.1) is 0 Å². The van der Waals surface area contributed by atoms with E-state index < -0.39 is 24.4 Å². The summed E-state index contributed by atoms with van der Waals surface area (Å²) < 4.78 is -0.0656. The van der Waals surface area contributed by atoms with Crippen LogP contribution in [-0.2, 0) is 0 Å². The summed E-state index contributed by atoms with van der Waals surface area (Å²) in [7, 11) is 0. The predicted octanol–water partition coefficient (Wildman–Crippen LogP) is 0.560. The van der Waals surface area contributed by atoms with Crippen molar-refractivity contribution in [2.24, 2.45) is 0 Å². The quantitative estimate of drug-likeness (QED) is 0.414. The van der Waals surface area contributed by atoms with E-state index in [1.807, 2.05) is 0 Å². The van der Waals surface area contributed by atoms with Crippen LogP contribution in [0.5, 0.6) is 0 Å². The maximum atomic E-state index is 10.1. The summed E-state index contributed by atoms with van der Waals surface area (Å²) in [4.78, 5) is 20.2. The fraction of sp³-hybridized carbons (Fsp3) is 0. The molecule has 0 N–H and O–H groups in total. The van der Waals surface area contributed by atoms with Gasteiger partial charge in [0.15, 0.2) is 0 Å². The maximum absolute atomic E-state index is 10.1. The Morgan fingerprint density at radius 2 is 1.91 bits per heavy atom. The van der Waals surface area contributed by atoms with Gasteiger partial charge in [-0.05, 0) is 0 Å². The van der Waals surface area contributed by atoms with Crippen molar-refractivity contribution in [3.8, 4) is 0 Å². The first-order valence-electron chi connectivity index (χ1n) is 2.48. The van der Waals surface area contributed by atoms with Crippen molar-refractivity contribution < 1.29 is 9.85 Å². The molecule has 1 rings (SSSR count). The van der Waals surface area contributed by atoms with E-state index in [-0.39, 0.29) is 10.2 Å². The molecule has 58 valence electrons. The van der Waals surface area contributed by atoms with Crippen molar-refractivity contribution >= 4 is 24.8 Å². The first kappa shape index (κ1) is 7.90. The van der Waals surface area contributed by atoms with E-state index in [4.69, 9.17) is 0 Å². The van der Waals surface area contributed by atoms with Crippen molar-refractivity contribution in [1.29, 1.82) is 0 Å². The van der Waals surface area contributed by atoms with Crippen molar-refractivity contribution in [3.05, 3.63) is 31.2 Å². The normalized spacial score (nSPS) is 9.45. The molecule has 7 heteroatoms. The van der Waals surface area contributed by atoms with Crippen LogP contribution in [0.2, 0.25) is 0 Å². The van der Waals surface area contributed by atoms with Crippen LogP contribution in [0.4, 0.5) is 10.2 Å². The molecule has 0 aliphatic carbocycles. The fourth-order valence-electron chi connectivity index (χ4n) is 0.507. The molecular weight excluding hydrogens is 219 g/mol. The summed E-state index contributed by atoms with van der Waals surface area (Å²) in [6.07, 6.45) is 0. The monoisotopic (exact) mass is 222 g/mol. The zero-order valence-corrected chi connectivity index (χ0v) is 6.80. The third-order valence-corrected chi connectivity index (χ3v) is 2.78. The third-order valence-electron chi connectivity index (χ3n) is 0.963. The average Bonchev–Trinajstić information content (AvgIpc) is 2.33. The van der Waals surface area contributed by atoms with Gasteiger partial charge in [-0.2, -0.15) is 0 Å². The van der Waals surface area contributed by atoms with Crippen molar-refractivity contribution in [1.82, 2.24) is 0 Å². The molecule has 1 aromatic rings. The van der Waals surface area contributed by atoms with Crippen LogP contribution in [0.15, 0.2) is 11.0 Å². The predicted molar refractivity (Wildman–Crippen MR) is 36.7 cm³/mol. The zero-order chi connectivity index (χ0) is 8.43. The Kier molecular flexibility index (Phi) is 2.02. The molecule has 11 heavy (non-hydrogen) atoms. The Bertz CT molecular complexity index is 278. The van der Waals surface area contributed by atoms with Gasteiger partial charge >= 0.3 is 65.8 Å². The molecule has 0 unspecified atom stereocenters. The van der Waals surface area contributed by atoms with Crippen LogP contribution in [0.3, 0.4) is 0 Å². The Morgan fingerprint density at radius 3 is 2.18 bits per heavy atom. The number of hydrogen-bond acceptors (Lipinski definition) is 4. The molecule has 0 atom stereocenters. The number of nitrogens with zero attached hydrogens (tertiary/aromatic N) is 2. The standard InChI is InChI=1S/C4H2N2O4Se/c7-5(8)3-1-4(6(9)10)11-2-3/h1-2H. The molecule has 0 fully saturated rings. The van der Waals surface area contributed by atoms with E-state index >= 15 is 0 Å². The summed E-state index contributed by atoms with van der Waals surface area (Å²) >= 11 is -0.480. The van der Waals surface area contributed by atoms with E-state index in [2.05, 4.69) is 0 Å². The SMILES string of the molecule is O=[N+]([O-])c1c[se]c([N+](=O)[O-])c1. The molecule has 0 saturated heterocycles. The van der Waals surface area contributed by atoms with Gasteiger partial charge in [0.25, 0.3) is 0 Å². The van der Waals surface area contributed by atoms with E-state index in [0.717, 1.165) is 6.07 Å². The molecule has 6 nitrogen and oxygen atoms in total. The third kappa shape index (κ3) is 1.63. The minimum atomic E-state index is -0.627. The van der Waals surface area contributed by atoms with Gasteiger partial charge in [-0.1, -0.05) is 0 Å². The van der Waals surface area contributed by atoms with Gasteiger partial charge in [0, 0.05) is 0 Å². The molecule has 0 amide bonds. The first-order valence-corrected chi connectivity index (χ1v) is 4.33. The van der Waals surface area contributed by atoms with E-state index in [9.17, 15) is 20.2 Å². The average molecular weight is 221 g/mol. The second-order valence-corrected chi connectivity index (χ2v) is 3.52. The van der Waals surface area contributed by atoms with Crippen LogP contribution in [0.1, 0.15) is 0 Å². The van der Waals surface area contributed by atoms with Crippen LogP contribution < -0.4 is 0 Å². The molecule has 0 spiro atoms. The molecule has 0 aliphatic rings. The summed E-state index contributed by atoms with van der Waals surface area (Å²) in [6, 6.07) is 1.00. The first-order chi connectivity index (χ1) is 5.11. The van der Waals surface area contributed by atoms with Gasteiger partial charge in [-0.3, -0.25) is 0 Å². The van der Waals surface area contributed by atoms with Crippen LogP contribution in [0.25, 0.3) is 0 Å². The van der Waals surface area contributed by atoms with E-state index in [0.29, 0.717) is 0 Å². The molecule has 0 radical (unpaired) electrons. The van der Waals surface area contributed by atoms with Crippen molar-refractivity contribution in [3.63, 3.8) is 0 Å². The van der Waals surface area contributed by atoms with Gasteiger partial charge < -0.3 is 0 Å². The van der Waals surface area contributed by atoms with Crippen molar-refractivity contribution in [2.45, 2.75) is 0 Å².